The Morgan fingerprint density at radius 1 is 1.19 bits per heavy atom. The molecule has 4 rings (SSSR count). The number of aryl methyl sites for hydroxylation is 2. The number of carbonyl (C=O) groups is 1. The molecule has 0 bridgehead atoms. The molecule has 1 amide bonds. The molecule has 1 N–H and O–H groups in total. The summed E-state index contributed by atoms with van der Waals surface area (Å²) in [7, 11) is -1.27. The number of nitrogens with zero attached hydrogens (tertiary/aromatic N) is 1. The van der Waals surface area contributed by atoms with Gasteiger partial charge in [-0.2, -0.15) is 0 Å². The smallest absolute Gasteiger partial charge is 0.233 e. The SMILES string of the molecule is O=C(C[S@](=O)Cc1noc2c1CCCC2)N[C@H]1CCCc2ccccc21. The number of amides is 1. The van der Waals surface area contributed by atoms with E-state index in [0.29, 0.717) is 5.75 Å². The van der Waals surface area contributed by atoms with E-state index >= 15 is 0 Å². The predicted octanol–water partition coefficient (Wildman–Crippen LogP) is 3.00. The molecule has 0 saturated heterocycles. The summed E-state index contributed by atoms with van der Waals surface area (Å²) in [5.74, 6) is 1.10. The van der Waals surface area contributed by atoms with Crippen LogP contribution in [-0.4, -0.2) is 21.0 Å². The molecular weight excluding hydrogens is 348 g/mol. The summed E-state index contributed by atoms with van der Waals surface area (Å²) in [5.41, 5.74) is 4.39. The van der Waals surface area contributed by atoms with Crippen LogP contribution in [0.3, 0.4) is 0 Å². The molecule has 26 heavy (non-hydrogen) atoms. The quantitative estimate of drug-likeness (QED) is 0.876. The molecular formula is C20H24N2O3S. The van der Waals surface area contributed by atoms with Crippen molar-refractivity contribution in [1.82, 2.24) is 10.5 Å². The van der Waals surface area contributed by atoms with E-state index in [9.17, 15) is 9.00 Å². The van der Waals surface area contributed by atoms with Crippen molar-refractivity contribution >= 4 is 16.7 Å². The zero-order valence-electron chi connectivity index (χ0n) is 14.8. The maximum Gasteiger partial charge on any atom is 0.233 e. The standard InChI is InChI=1S/C20H24N2O3S/c23-20(21-17-10-5-7-14-6-1-2-8-15(14)17)13-26(24)12-18-16-9-3-4-11-19(16)25-22-18/h1-2,6,8,17H,3-5,7,9-13H2,(H,21,23)/t17-,26+/m0/s1. The van der Waals surface area contributed by atoms with Crippen LogP contribution in [0.25, 0.3) is 0 Å². The number of carbonyl (C=O) groups excluding carboxylic acids is 1. The van der Waals surface area contributed by atoms with E-state index in [2.05, 4.69) is 22.6 Å². The fourth-order valence-electron chi connectivity index (χ4n) is 4.05. The number of aromatic nitrogens is 1. The largest absolute Gasteiger partial charge is 0.361 e. The Balaban J connectivity index is 1.35. The summed E-state index contributed by atoms with van der Waals surface area (Å²) >= 11 is 0. The summed E-state index contributed by atoms with van der Waals surface area (Å²) in [4.78, 5) is 12.4. The second kappa shape index (κ2) is 7.74. The van der Waals surface area contributed by atoms with E-state index in [1.165, 1.54) is 11.1 Å². The molecule has 138 valence electrons. The van der Waals surface area contributed by atoms with Crippen LogP contribution in [0.2, 0.25) is 0 Å². The Hall–Kier alpha value is -1.95. The van der Waals surface area contributed by atoms with Gasteiger partial charge >= 0.3 is 0 Å². The van der Waals surface area contributed by atoms with Crippen LogP contribution in [0.5, 0.6) is 0 Å². The van der Waals surface area contributed by atoms with Crippen molar-refractivity contribution in [1.29, 1.82) is 0 Å². The molecule has 6 heteroatoms. The Labute approximate surface area is 156 Å². The van der Waals surface area contributed by atoms with E-state index in [-0.39, 0.29) is 17.7 Å². The highest BCUT2D eigenvalue weighted by molar-refractivity contribution is 7.84. The van der Waals surface area contributed by atoms with Gasteiger partial charge in [0, 0.05) is 22.8 Å². The molecule has 0 unspecified atom stereocenters. The van der Waals surface area contributed by atoms with E-state index < -0.39 is 10.8 Å². The van der Waals surface area contributed by atoms with Crippen LogP contribution in [0, 0.1) is 0 Å². The summed E-state index contributed by atoms with van der Waals surface area (Å²) < 4.78 is 17.8. The minimum Gasteiger partial charge on any atom is -0.361 e. The molecule has 5 nitrogen and oxygen atoms in total. The van der Waals surface area contributed by atoms with Crippen molar-refractivity contribution in [2.75, 3.05) is 5.75 Å². The Kier molecular flexibility index (Phi) is 5.20. The lowest BCUT2D eigenvalue weighted by atomic mass is 9.88. The third kappa shape index (κ3) is 3.75. The summed E-state index contributed by atoms with van der Waals surface area (Å²) in [6, 6.07) is 8.29. The Morgan fingerprint density at radius 2 is 2.04 bits per heavy atom. The highest BCUT2D eigenvalue weighted by Crippen LogP contribution is 2.29. The summed E-state index contributed by atoms with van der Waals surface area (Å²) in [6.07, 6.45) is 7.16. The minimum atomic E-state index is -1.27. The summed E-state index contributed by atoms with van der Waals surface area (Å²) in [6.45, 7) is 0. The van der Waals surface area contributed by atoms with Crippen LogP contribution in [0.4, 0.5) is 0 Å². The maximum atomic E-state index is 12.5. The lowest BCUT2D eigenvalue weighted by Gasteiger charge is -2.26. The molecule has 2 aromatic rings. The van der Waals surface area contributed by atoms with Crippen molar-refractivity contribution in [2.24, 2.45) is 0 Å². The molecule has 0 saturated carbocycles. The van der Waals surface area contributed by atoms with Gasteiger partial charge in [-0.05, 0) is 49.7 Å². The van der Waals surface area contributed by atoms with Gasteiger partial charge in [-0.15, -0.1) is 0 Å². The third-order valence-electron chi connectivity index (χ3n) is 5.33. The van der Waals surface area contributed by atoms with Gasteiger partial charge in [0.15, 0.2) is 0 Å². The maximum absolute atomic E-state index is 12.5. The number of hydrogen-bond acceptors (Lipinski definition) is 4. The summed E-state index contributed by atoms with van der Waals surface area (Å²) in [5, 5.41) is 7.16. The van der Waals surface area contributed by atoms with Crippen LogP contribution in [-0.2, 0) is 40.6 Å². The average Bonchev–Trinajstić information content (AvgIpc) is 3.05. The number of rotatable bonds is 5. The molecule has 1 aromatic carbocycles. The number of nitrogens with one attached hydrogen (secondary N) is 1. The average molecular weight is 372 g/mol. The fraction of sp³-hybridized carbons (Fsp3) is 0.500. The number of benzene rings is 1. The van der Waals surface area contributed by atoms with Gasteiger partial charge in [0.05, 0.1) is 17.5 Å². The zero-order chi connectivity index (χ0) is 17.9. The molecule has 2 aliphatic carbocycles. The van der Waals surface area contributed by atoms with Gasteiger partial charge in [0.1, 0.15) is 11.5 Å². The van der Waals surface area contributed by atoms with Gasteiger partial charge in [-0.3, -0.25) is 9.00 Å². The third-order valence-corrected chi connectivity index (χ3v) is 6.51. The monoisotopic (exact) mass is 372 g/mol. The van der Waals surface area contributed by atoms with Crippen LogP contribution < -0.4 is 5.32 Å². The van der Waals surface area contributed by atoms with Gasteiger partial charge < -0.3 is 9.84 Å². The molecule has 2 aliphatic rings. The predicted molar refractivity (Wildman–Crippen MR) is 100 cm³/mol. The van der Waals surface area contributed by atoms with Crippen LogP contribution >= 0.6 is 0 Å². The Bertz CT molecular complexity index is 830. The highest BCUT2D eigenvalue weighted by Gasteiger charge is 2.24. The first-order valence-corrected chi connectivity index (χ1v) is 10.9. The second-order valence-electron chi connectivity index (χ2n) is 7.18. The number of fused-ring (bicyclic) bond motifs is 2. The normalized spacial score (nSPS) is 20.1. The first kappa shape index (κ1) is 17.5. The van der Waals surface area contributed by atoms with Gasteiger partial charge in [-0.1, -0.05) is 29.4 Å². The molecule has 2 atom stereocenters. The molecule has 0 aliphatic heterocycles. The molecule has 0 fully saturated rings. The zero-order valence-corrected chi connectivity index (χ0v) is 15.6. The first-order chi connectivity index (χ1) is 12.7. The van der Waals surface area contributed by atoms with E-state index in [4.69, 9.17) is 4.52 Å². The van der Waals surface area contributed by atoms with Crippen molar-refractivity contribution in [3.63, 3.8) is 0 Å². The van der Waals surface area contributed by atoms with Crippen molar-refractivity contribution in [2.45, 2.75) is 56.7 Å². The van der Waals surface area contributed by atoms with Crippen LogP contribution in [0.15, 0.2) is 28.8 Å². The van der Waals surface area contributed by atoms with E-state index in [0.717, 1.165) is 62.0 Å². The lowest BCUT2D eigenvalue weighted by Crippen LogP contribution is -2.34. The lowest BCUT2D eigenvalue weighted by molar-refractivity contribution is -0.119. The van der Waals surface area contributed by atoms with E-state index in [1.54, 1.807) is 0 Å². The molecule has 1 aromatic heterocycles. The minimum absolute atomic E-state index is 0.0142. The Morgan fingerprint density at radius 3 is 2.96 bits per heavy atom. The van der Waals surface area contributed by atoms with Crippen molar-refractivity contribution in [3.8, 4) is 0 Å². The topological polar surface area (TPSA) is 72.2 Å². The molecule has 1 heterocycles. The molecule has 0 radical (unpaired) electrons. The van der Waals surface area contributed by atoms with Crippen molar-refractivity contribution < 1.29 is 13.5 Å². The van der Waals surface area contributed by atoms with Gasteiger partial charge in [0.2, 0.25) is 5.91 Å². The number of hydrogen-bond donors (Lipinski definition) is 1. The van der Waals surface area contributed by atoms with Gasteiger partial charge in [0.25, 0.3) is 0 Å². The first-order valence-electron chi connectivity index (χ1n) is 9.39. The van der Waals surface area contributed by atoms with Gasteiger partial charge in [-0.25, -0.2) is 0 Å². The van der Waals surface area contributed by atoms with E-state index in [1.807, 2.05) is 12.1 Å². The second-order valence-corrected chi connectivity index (χ2v) is 8.63. The van der Waals surface area contributed by atoms with Crippen molar-refractivity contribution in [3.05, 3.63) is 52.4 Å². The molecule has 0 spiro atoms. The highest BCUT2D eigenvalue weighted by atomic mass is 32.2. The fourth-order valence-corrected chi connectivity index (χ4v) is 5.06. The van der Waals surface area contributed by atoms with Crippen LogP contribution in [0.1, 0.15) is 59.9 Å².